The number of nitrogens with zero attached hydrogens (tertiary/aromatic N) is 3. The number of amides is 1. The third-order valence-electron chi connectivity index (χ3n) is 5.21. The summed E-state index contributed by atoms with van der Waals surface area (Å²) in [5.41, 5.74) is 2.85. The van der Waals surface area contributed by atoms with Gasteiger partial charge in [0.1, 0.15) is 5.75 Å². The zero-order valence-corrected chi connectivity index (χ0v) is 16.6. The maximum absolute atomic E-state index is 12.5. The molecule has 0 saturated carbocycles. The molecule has 1 aromatic heterocycles. The summed E-state index contributed by atoms with van der Waals surface area (Å²) < 4.78 is 11.0. The molecular formula is C22H24N4O3. The Labute approximate surface area is 169 Å². The number of aryl methyl sites for hydroxylation is 1. The van der Waals surface area contributed by atoms with E-state index in [4.69, 9.17) is 9.15 Å². The number of piperidine rings is 1. The Balaban J connectivity index is 1.34. The van der Waals surface area contributed by atoms with Gasteiger partial charge in [0.2, 0.25) is 11.8 Å². The van der Waals surface area contributed by atoms with E-state index in [1.54, 1.807) is 7.11 Å². The summed E-state index contributed by atoms with van der Waals surface area (Å²) in [6.07, 6.45) is 1.50. The summed E-state index contributed by atoms with van der Waals surface area (Å²) in [5, 5.41) is 11.3. The lowest BCUT2D eigenvalue weighted by Gasteiger charge is -2.29. The van der Waals surface area contributed by atoms with Crippen molar-refractivity contribution < 1.29 is 13.9 Å². The molecule has 150 valence electrons. The number of hydrogen-bond donors (Lipinski definition) is 1. The number of anilines is 2. The summed E-state index contributed by atoms with van der Waals surface area (Å²) in [6.45, 7) is 3.44. The van der Waals surface area contributed by atoms with Crippen LogP contribution >= 0.6 is 0 Å². The van der Waals surface area contributed by atoms with E-state index >= 15 is 0 Å². The molecule has 29 heavy (non-hydrogen) atoms. The van der Waals surface area contributed by atoms with Gasteiger partial charge in [0.05, 0.1) is 7.11 Å². The third-order valence-corrected chi connectivity index (χ3v) is 5.21. The van der Waals surface area contributed by atoms with Crippen molar-refractivity contribution in [3.63, 3.8) is 0 Å². The number of aromatic nitrogens is 2. The molecule has 1 fully saturated rings. The van der Waals surface area contributed by atoms with Crippen LogP contribution in [0.5, 0.6) is 5.75 Å². The van der Waals surface area contributed by atoms with Crippen molar-refractivity contribution in [2.24, 2.45) is 5.92 Å². The number of methoxy groups -OCH3 is 1. The number of carbonyl (C=O) groups is 1. The van der Waals surface area contributed by atoms with E-state index in [1.807, 2.05) is 60.4 Å². The molecule has 0 bridgehead atoms. The molecule has 3 aromatic rings. The fraction of sp³-hybridized carbons (Fsp3) is 0.318. The average molecular weight is 392 g/mol. The van der Waals surface area contributed by atoms with Gasteiger partial charge in [-0.2, -0.15) is 0 Å². The van der Waals surface area contributed by atoms with Gasteiger partial charge in [-0.25, -0.2) is 0 Å². The van der Waals surface area contributed by atoms with Crippen LogP contribution in [0.2, 0.25) is 0 Å². The predicted octanol–water partition coefficient (Wildman–Crippen LogP) is 3.91. The van der Waals surface area contributed by atoms with Crippen LogP contribution in [0.25, 0.3) is 11.5 Å². The minimum Gasteiger partial charge on any atom is -0.497 e. The zero-order chi connectivity index (χ0) is 20.2. The fourth-order valence-electron chi connectivity index (χ4n) is 3.41. The van der Waals surface area contributed by atoms with Crippen LogP contribution in [-0.4, -0.2) is 36.3 Å². The van der Waals surface area contributed by atoms with Crippen molar-refractivity contribution in [2.75, 3.05) is 30.4 Å². The number of benzene rings is 2. The van der Waals surface area contributed by atoms with Crippen molar-refractivity contribution in [3.05, 3.63) is 54.1 Å². The fourth-order valence-corrected chi connectivity index (χ4v) is 3.41. The number of carbonyl (C=O) groups excluding carboxylic acids is 1. The Morgan fingerprint density at radius 1 is 1.07 bits per heavy atom. The van der Waals surface area contributed by atoms with E-state index in [0.717, 1.165) is 29.8 Å². The number of nitrogens with one attached hydrogen (secondary N) is 1. The zero-order valence-electron chi connectivity index (χ0n) is 16.6. The molecule has 0 unspecified atom stereocenters. The second-order valence-electron chi connectivity index (χ2n) is 7.23. The van der Waals surface area contributed by atoms with E-state index in [-0.39, 0.29) is 11.8 Å². The molecule has 7 heteroatoms. The summed E-state index contributed by atoms with van der Waals surface area (Å²) in [4.78, 5) is 14.6. The largest absolute Gasteiger partial charge is 0.497 e. The van der Waals surface area contributed by atoms with Gasteiger partial charge in [-0.3, -0.25) is 4.79 Å². The topological polar surface area (TPSA) is 80.5 Å². The molecule has 2 aromatic carbocycles. The molecule has 2 heterocycles. The van der Waals surface area contributed by atoms with E-state index < -0.39 is 0 Å². The number of rotatable bonds is 5. The summed E-state index contributed by atoms with van der Waals surface area (Å²) in [7, 11) is 1.63. The standard InChI is InChI=1S/C22H24N4O3/c1-15-3-7-18(8-4-15)23-20(27)16-11-13-26(14-12-16)22-25-24-21(29-22)17-5-9-19(28-2)10-6-17/h3-10,16H,11-14H2,1-2H3,(H,23,27). The SMILES string of the molecule is COc1ccc(-c2nnc(N3CCC(C(=O)Nc4ccc(C)cc4)CC3)o2)cc1. The first-order valence-electron chi connectivity index (χ1n) is 9.73. The first kappa shape index (κ1) is 19.0. The van der Waals surface area contributed by atoms with Crippen molar-refractivity contribution in [3.8, 4) is 17.2 Å². The van der Waals surface area contributed by atoms with E-state index in [0.29, 0.717) is 25.0 Å². The molecule has 1 amide bonds. The highest BCUT2D eigenvalue weighted by Crippen LogP contribution is 2.27. The maximum Gasteiger partial charge on any atom is 0.318 e. The maximum atomic E-state index is 12.5. The number of ether oxygens (including phenoxy) is 1. The molecule has 1 N–H and O–H groups in total. The molecule has 4 rings (SSSR count). The van der Waals surface area contributed by atoms with Crippen molar-refractivity contribution in [1.82, 2.24) is 10.2 Å². The van der Waals surface area contributed by atoms with Gasteiger partial charge in [0, 0.05) is 30.3 Å². The third kappa shape index (κ3) is 4.39. The monoisotopic (exact) mass is 392 g/mol. The molecule has 1 aliphatic rings. The Bertz CT molecular complexity index is 958. The van der Waals surface area contributed by atoms with Gasteiger partial charge < -0.3 is 19.4 Å². The van der Waals surface area contributed by atoms with E-state index in [1.165, 1.54) is 5.56 Å². The lowest BCUT2D eigenvalue weighted by molar-refractivity contribution is -0.120. The minimum absolute atomic E-state index is 0.0171. The molecule has 1 aliphatic heterocycles. The molecular weight excluding hydrogens is 368 g/mol. The van der Waals surface area contributed by atoms with Crippen LogP contribution in [-0.2, 0) is 4.79 Å². The van der Waals surface area contributed by atoms with Gasteiger partial charge in [-0.15, -0.1) is 5.10 Å². The predicted molar refractivity (Wildman–Crippen MR) is 111 cm³/mol. The molecule has 1 saturated heterocycles. The molecule has 0 spiro atoms. The van der Waals surface area contributed by atoms with Crippen LogP contribution in [0.4, 0.5) is 11.7 Å². The first-order valence-corrected chi connectivity index (χ1v) is 9.73. The Morgan fingerprint density at radius 3 is 2.41 bits per heavy atom. The van der Waals surface area contributed by atoms with Crippen LogP contribution < -0.4 is 15.0 Å². The van der Waals surface area contributed by atoms with Gasteiger partial charge in [-0.1, -0.05) is 22.8 Å². The quantitative estimate of drug-likeness (QED) is 0.709. The Morgan fingerprint density at radius 2 is 1.76 bits per heavy atom. The van der Waals surface area contributed by atoms with Crippen LogP contribution in [0, 0.1) is 12.8 Å². The van der Waals surface area contributed by atoms with E-state index in [2.05, 4.69) is 15.5 Å². The van der Waals surface area contributed by atoms with Crippen LogP contribution in [0.15, 0.2) is 52.9 Å². The molecule has 0 radical (unpaired) electrons. The summed E-state index contributed by atoms with van der Waals surface area (Å²) >= 11 is 0. The second kappa shape index (κ2) is 8.34. The summed E-state index contributed by atoms with van der Waals surface area (Å²) in [6, 6.07) is 15.8. The Hall–Kier alpha value is -3.35. The van der Waals surface area contributed by atoms with Crippen molar-refractivity contribution in [1.29, 1.82) is 0 Å². The van der Waals surface area contributed by atoms with Crippen molar-refractivity contribution in [2.45, 2.75) is 19.8 Å². The molecule has 7 nitrogen and oxygen atoms in total. The van der Waals surface area contributed by atoms with E-state index in [9.17, 15) is 4.79 Å². The molecule has 0 aliphatic carbocycles. The number of hydrogen-bond acceptors (Lipinski definition) is 6. The van der Waals surface area contributed by atoms with Crippen LogP contribution in [0.3, 0.4) is 0 Å². The second-order valence-corrected chi connectivity index (χ2v) is 7.23. The molecule has 0 atom stereocenters. The first-order chi connectivity index (χ1) is 14.1. The highest BCUT2D eigenvalue weighted by molar-refractivity contribution is 5.92. The highest BCUT2D eigenvalue weighted by Gasteiger charge is 2.27. The van der Waals surface area contributed by atoms with Gasteiger partial charge in [0.25, 0.3) is 0 Å². The normalized spacial score (nSPS) is 14.6. The lowest BCUT2D eigenvalue weighted by atomic mass is 9.96. The van der Waals surface area contributed by atoms with Gasteiger partial charge in [-0.05, 0) is 56.2 Å². The smallest absolute Gasteiger partial charge is 0.318 e. The summed E-state index contributed by atoms with van der Waals surface area (Å²) in [5.74, 6) is 1.30. The highest BCUT2D eigenvalue weighted by atomic mass is 16.5. The Kier molecular flexibility index (Phi) is 5.46. The minimum atomic E-state index is -0.0171. The van der Waals surface area contributed by atoms with Gasteiger partial charge >= 0.3 is 6.01 Å². The average Bonchev–Trinajstić information content (AvgIpc) is 3.26. The van der Waals surface area contributed by atoms with Gasteiger partial charge in [0.15, 0.2) is 0 Å². The lowest BCUT2D eigenvalue weighted by Crippen LogP contribution is -2.38. The van der Waals surface area contributed by atoms with Crippen molar-refractivity contribution >= 4 is 17.6 Å². The van der Waals surface area contributed by atoms with Crippen LogP contribution in [0.1, 0.15) is 18.4 Å².